The Bertz CT molecular complexity index is 443. The molecule has 1 aromatic heterocycles. The molecule has 0 aliphatic rings. The van der Waals surface area contributed by atoms with Gasteiger partial charge in [0.1, 0.15) is 0 Å². The maximum absolute atomic E-state index is 3.56. The summed E-state index contributed by atoms with van der Waals surface area (Å²) in [6, 6.07) is 6.56. The first-order valence-corrected chi connectivity index (χ1v) is 5.27. The van der Waals surface area contributed by atoms with E-state index >= 15 is 0 Å². The molecule has 2 rings (SSSR count). The molecule has 2 heteroatoms. The van der Waals surface area contributed by atoms with Crippen LogP contribution in [-0.4, -0.2) is 4.98 Å². The van der Waals surface area contributed by atoms with Gasteiger partial charge in [-0.15, -0.1) is 0 Å². The molecule has 0 unspecified atom stereocenters. The van der Waals surface area contributed by atoms with Gasteiger partial charge in [0.2, 0.25) is 0 Å². The summed E-state index contributed by atoms with van der Waals surface area (Å²) >= 11 is 3.56. The van der Waals surface area contributed by atoms with Crippen molar-refractivity contribution in [2.24, 2.45) is 0 Å². The van der Waals surface area contributed by atoms with E-state index in [0.29, 0.717) is 0 Å². The van der Waals surface area contributed by atoms with Crippen LogP contribution in [0.2, 0.25) is 0 Å². The Balaban J connectivity index is 2.75. The van der Waals surface area contributed by atoms with Crippen LogP contribution in [0.1, 0.15) is 18.2 Å². The molecule has 1 heterocycles. The van der Waals surface area contributed by atoms with Crippen molar-refractivity contribution in [3.8, 4) is 0 Å². The Kier molecular flexibility index (Phi) is 2.16. The first kappa shape index (κ1) is 8.82. The van der Waals surface area contributed by atoms with E-state index in [4.69, 9.17) is 0 Å². The Hall–Kier alpha value is -0.760. The molecule has 0 fully saturated rings. The summed E-state index contributed by atoms with van der Waals surface area (Å²) < 4.78 is 1.15. The van der Waals surface area contributed by atoms with Crippen LogP contribution in [0, 0.1) is 6.92 Å². The number of rotatable bonds is 1. The van der Waals surface area contributed by atoms with E-state index in [1.807, 2.05) is 0 Å². The molecule has 0 spiro atoms. The van der Waals surface area contributed by atoms with Crippen LogP contribution in [0.15, 0.2) is 22.7 Å². The van der Waals surface area contributed by atoms with Gasteiger partial charge in [0.15, 0.2) is 0 Å². The standard InChI is InChI=1S/C11H12BrN/c1-3-9-6-8-4-7(2)5-10(12)11(8)13-9/h4-6,13H,3H2,1-2H3. The van der Waals surface area contributed by atoms with Gasteiger partial charge in [-0.3, -0.25) is 0 Å². The fraction of sp³-hybridized carbons (Fsp3) is 0.273. The minimum Gasteiger partial charge on any atom is -0.357 e. The van der Waals surface area contributed by atoms with Crippen molar-refractivity contribution in [3.05, 3.63) is 33.9 Å². The van der Waals surface area contributed by atoms with E-state index in [1.165, 1.54) is 22.2 Å². The van der Waals surface area contributed by atoms with Gasteiger partial charge in [-0.1, -0.05) is 6.92 Å². The lowest BCUT2D eigenvalue weighted by atomic mass is 10.2. The lowest BCUT2D eigenvalue weighted by Gasteiger charge is -1.96. The van der Waals surface area contributed by atoms with Crippen molar-refractivity contribution >= 4 is 26.8 Å². The Morgan fingerprint density at radius 1 is 1.31 bits per heavy atom. The highest BCUT2D eigenvalue weighted by atomic mass is 79.9. The van der Waals surface area contributed by atoms with Crippen LogP contribution in [0.5, 0.6) is 0 Å². The fourth-order valence-electron chi connectivity index (χ4n) is 1.59. The van der Waals surface area contributed by atoms with Crippen molar-refractivity contribution < 1.29 is 0 Å². The number of aromatic nitrogens is 1. The van der Waals surface area contributed by atoms with Crippen molar-refractivity contribution in [2.75, 3.05) is 0 Å². The molecular weight excluding hydrogens is 226 g/mol. The van der Waals surface area contributed by atoms with E-state index in [0.717, 1.165) is 10.9 Å². The van der Waals surface area contributed by atoms with Gasteiger partial charge in [0.05, 0.1) is 5.52 Å². The van der Waals surface area contributed by atoms with Crippen LogP contribution in [0.3, 0.4) is 0 Å². The third-order valence-corrected chi connectivity index (χ3v) is 2.89. The second-order valence-corrected chi connectivity index (χ2v) is 4.21. The first-order valence-electron chi connectivity index (χ1n) is 4.48. The molecule has 0 bridgehead atoms. The SMILES string of the molecule is CCc1cc2cc(C)cc(Br)c2[nH]1. The lowest BCUT2D eigenvalue weighted by molar-refractivity contribution is 1.07. The second-order valence-electron chi connectivity index (χ2n) is 3.36. The van der Waals surface area contributed by atoms with Gasteiger partial charge < -0.3 is 4.98 Å². The number of aryl methyl sites for hydroxylation is 2. The number of halogens is 1. The smallest absolute Gasteiger partial charge is 0.0600 e. The molecule has 68 valence electrons. The Labute approximate surface area is 86.3 Å². The Morgan fingerprint density at radius 2 is 2.08 bits per heavy atom. The van der Waals surface area contributed by atoms with Crippen molar-refractivity contribution in [2.45, 2.75) is 20.3 Å². The third kappa shape index (κ3) is 1.51. The topological polar surface area (TPSA) is 15.8 Å². The number of aromatic amines is 1. The molecule has 1 N–H and O–H groups in total. The normalized spacial score (nSPS) is 11.0. The predicted octanol–water partition coefficient (Wildman–Crippen LogP) is 3.80. The summed E-state index contributed by atoms with van der Waals surface area (Å²) in [6.07, 6.45) is 1.06. The zero-order valence-corrected chi connectivity index (χ0v) is 9.40. The van der Waals surface area contributed by atoms with Crippen LogP contribution in [0.25, 0.3) is 10.9 Å². The van der Waals surface area contributed by atoms with Crippen LogP contribution >= 0.6 is 15.9 Å². The second kappa shape index (κ2) is 3.18. The van der Waals surface area contributed by atoms with Gasteiger partial charge in [0, 0.05) is 15.6 Å². The molecule has 2 aromatic rings. The van der Waals surface area contributed by atoms with E-state index < -0.39 is 0 Å². The van der Waals surface area contributed by atoms with Crippen molar-refractivity contribution in [3.63, 3.8) is 0 Å². The summed E-state index contributed by atoms with van der Waals surface area (Å²) in [5.41, 5.74) is 3.80. The first-order chi connectivity index (χ1) is 6.20. The zero-order valence-electron chi connectivity index (χ0n) is 7.82. The number of hydrogen-bond acceptors (Lipinski definition) is 0. The summed E-state index contributed by atoms with van der Waals surface area (Å²) in [4.78, 5) is 3.39. The quantitative estimate of drug-likeness (QED) is 0.777. The number of hydrogen-bond donors (Lipinski definition) is 1. The van der Waals surface area contributed by atoms with Crippen LogP contribution in [-0.2, 0) is 6.42 Å². The van der Waals surface area contributed by atoms with Crippen molar-refractivity contribution in [1.82, 2.24) is 4.98 Å². The molecule has 0 radical (unpaired) electrons. The number of benzene rings is 1. The average Bonchev–Trinajstić information content (AvgIpc) is 2.47. The van der Waals surface area contributed by atoms with Gasteiger partial charge in [-0.2, -0.15) is 0 Å². The summed E-state index contributed by atoms with van der Waals surface area (Å²) in [5, 5.41) is 1.30. The fourth-order valence-corrected chi connectivity index (χ4v) is 2.28. The molecule has 0 amide bonds. The average molecular weight is 238 g/mol. The molecule has 1 aromatic carbocycles. The zero-order chi connectivity index (χ0) is 9.42. The maximum Gasteiger partial charge on any atom is 0.0600 e. The molecule has 0 atom stereocenters. The molecule has 0 saturated carbocycles. The number of H-pyrrole nitrogens is 1. The van der Waals surface area contributed by atoms with E-state index in [1.54, 1.807) is 0 Å². The molecular formula is C11H12BrN. The van der Waals surface area contributed by atoms with Crippen LogP contribution < -0.4 is 0 Å². The van der Waals surface area contributed by atoms with Crippen LogP contribution in [0.4, 0.5) is 0 Å². The Morgan fingerprint density at radius 3 is 2.77 bits per heavy atom. The summed E-state index contributed by atoms with van der Waals surface area (Å²) in [6.45, 7) is 4.27. The van der Waals surface area contributed by atoms with E-state index in [-0.39, 0.29) is 0 Å². The largest absolute Gasteiger partial charge is 0.357 e. The summed E-state index contributed by atoms with van der Waals surface area (Å²) in [7, 11) is 0. The molecule has 0 saturated heterocycles. The van der Waals surface area contributed by atoms with Crippen molar-refractivity contribution in [1.29, 1.82) is 0 Å². The van der Waals surface area contributed by atoms with Gasteiger partial charge >= 0.3 is 0 Å². The highest BCUT2D eigenvalue weighted by Gasteiger charge is 2.03. The highest BCUT2D eigenvalue weighted by Crippen LogP contribution is 2.25. The third-order valence-electron chi connectivity index (χ3n) is 2.26. The minimum atomic E-state index is 1.06. The monoisotopic (exact) mass is 237 g/mol. The maximum atomic E-state index is 3.56. The molecule has 0 aliphatic carbocycles. The van der Waals surface area contributed by atoms with Gasteiger partial charge in [-0.25, -0.2) is 0 Å². The van der Waals surface area contributed by atoms with E-state index in [2.05, 4.69) is 53.0 Å². The van der Waals surface area contributed by atoms with Gasteiger partial charge in [0.25, 0.3) is 0 Å². The molecule has 1 nitrogen and oxygen atoms in total. The lowest BCUT2D eigenvalue weighted by Crippen LogP contribution is -1.77. The highest BCUT2D eigenvalue weighted by molar-refractivity contribution is 9.10. The predicted molar refractivity (Wildman–Crippen MR) is 60.1 cm³/mol. The number of fused-ring (bicyclic) bond motifs is 1. The summed E-state index contributed by atoms with van der Waals surface area (Å²) in [5.74, 6) is 0. The van der Waals surface area contributed by atoms with E-state index in [9.17, 15) is 0 Å². The number of nitrogens with one attached hydrogen (secondary N) is 1. The molecule has 13 heavy (non-hydrogen) atoms. The molecule has 0 aliphatic heterocycles. The van der Waals surface area contributed by atoms with Gasteiger partial charge in [-0.05, 0) is 53.0 Å². The minimum absolute atomic E-state index is 1.06.